The summed E-state index contributed by atoms with van der Waals surface area (Å²) in [7, 11) is 0. The maximum Gasteiger partial charge on any atom is 0.416 e. The van der Waals surface area contributed by atoms with E-state index in [2.05, 4.69) is 10.3 Å². The van der Waals surface area contributed by atoms with E-state index < -0.39 is 46.4 Å². The molecule has 0 radical (unpaired) electrons. The Kier molecular flexibility index (Phi) is 5.43. The number of nitrogens with zero attached hydrogens (tertiary/aromatic N) is 3. The fourth-order valence-corrected chi connectivity index (χ4v) is 2.50. The van der Waals surface area contributed by atoms with Crippen molar-refractivity contribution in [3.8, 4) is 0 Å². The van der Waals surface area contributed by atoms with E-state index in [1.807, 2.05) is 0 Å². The summed E-state index contributed by atoms with van der Waals surface area (Å²) < 4.78 is 40.0. The molecule has 1 heterocycles. The van der Waals surface area contributed by atoms with Gasteiger partial charge in [0.2, 0.25) is 17.6 Å². The van der Waals surface area contributed by atoms with E-state index in [4.69, 9.17) is 5.73 Å². The molecular weight excluding hydrogens is 383 g/mol. The number of amides is 2. The molecule has 1 unspecified atom stereocenters. The van der Waals surface area contributed by atoms with Crippen molar-refractivity contribution in [2.75, 3.05) is 0 Å². The molecule has 3 N–H and O–H groups in total. The number of aromatic nitrogens is 2. The highest BCUT2D eigenvalue weighted by Crippen LogP contribution is 2.32. The molecule has 0 saturated carbocycles. The average Bonchev–Trinajstić information content (AvgIpc) is 2.95. The van der Waals surface area contributed by atoms with Gasteiger partial charge in [0.25, 0.3) is 0 Å². The van der Waals surface area contributed by atoms with E-state index in [1.165, 1.54) is 24.5 Å². The second kappa shape index (κ2) is 7.29. The first-order valence-corrected chi connectivity index (χ1v) is 7.81. The van der Waals surface area contributed by atoms with Gasteiger partial charge >= 0.3 is 12.0 Å². The number of hydrogen-bond donors (Lipinski definition) is 2. The van der Waals surface area contributed by atoms with E-state index in [9.17, 15) is 32.9 Å². The molecule has 150 valence electrons. The highest BCUT2D eigenvalue weighted by molar-refractivity contribution is 5.91. The van der Waals surface area contributed by atoms with Crippen molar-refractivity contribution < 1.29 is 27.7 Å². The first-order valence-electron chi connectivity index (χ1n) is 7.81. The number of alkyl halides is 3. The summed E-state index contributed by atoms with van der Waals surface area (Å²) in [5.41, 5.74) is 2.24. The van der Waals surface area contributed by atoms with Crippen LogP contribution < -0.4 is 11.1 Å². The Balaban J connectivity index is 2.30. The fraction of sp³-hybridized carbons (Fsp3) is 0.312. The number of carbonyl (C=O) groups is 2. The number of aryl methyl sites for hydroxylation is 1. The Hall–Kier alpha value is -3.44. The molecule has 1 aromatic carbocycles. The number of nitrogens with two attached hydrogens (primary N) is 1. The third kappa shape index (κ3) is 4.27. The summed E-state index contributed by atoms with van der Waals surface area (Å²) in [4.78, 5) is 38.0. The van der Waals surface area contributed by atoms with Gasteiger partial charge in [-0.3, -0.25) is 14.2 Å². The van der Waals surface area contributed by atoms with Gasteiger partial charge in [-0.05, 0) is 34.5 Å². The molecule has 0 spiro atoms. The number of nitro groups is 1. The maximum absolute atomic E-state index is 13.0. The lowest BCUT2D eigenvalue weighted by Crippen LogP contribution is -2.53. The van der Waals surface area contributed by atoms with Crippen LogP contribution in [0.4, 0.5) is 19.0 Å². The average molecular weight is 399 g/mol. The third-order valence-electron chi connectivity index (χ3n) is 4.11. The first-order chi connectivity index (χ1) is 12.8. The maximum atomic E-state index is 13.0. The normalized spacial score (nSPS) is 13.6. The number of imidazole rings is 1. The van der Waals surface area contributed by atoms with Crippen LogP contribution in [-0.4, -0.2) is 26.3 Å². The minimum Gasteiger partial charge on any atom is -0.367 e. The van der Waals surface area contributed by atoms with Crippen molar-refractivity contribution in [1.82, 2.24) is 14.9 Å². The molecule has 9 nitrogen and oxygen atoms in total. The van der Waals surface area contributed by atoms with Gasteiger partial charge in [0.15, 0.2) is 0 Å². The molecule has 0 bridgehead atoms. The van der Waals surface area contributed by atoms with Crippen LogP contribution in [0.25, 0.3) is 0 Å². The summed E-state index contributed by atoms with van der Waals surface area (Å²) in [5, 5.41) is 13.0. The Labute approximate surface area is 156 Å². The molecule has 0 aliphatic rings. The zero-order chi connectivity index (χ0) is 21.3. The summed E-state index contributed by atoms with van der Waals surface area (Å²) in [6.45, 7) is 2.15. The smallest absolute Gasteiger partial charge is 0.367 e. The zero-order valence-electron chi connectivity index (χ0n) is 14.8. The zero-order valence-corrected chi connectivity index (χ0v) is 14.8. The lowest BCUT2D eigenvalue weighted by molar-refractivity contribution is -0.389. The van der Waals surface area contributed by atoms with Crippen molar-refractivity contribution in [3.63, 3.8) is 0 Å². The molecule has 0 aliphatic heterocycles. The number of primary amides is 1. The number of hydrogen-bond acceptors (Lipinski definition) is 5. The Morgan fingerprint density at radius 3 is 2.43 bits per heavy atom. The third-order valence-corrected chi connectivity index (χ3v) is 4.11. The van der Waals surface area contributed by atoms with E-state index in [-0.39, 0.29) is 11.4 Å². The SMILES string of the molecule is Cc1nc([N+](=O)[O-])cn1CC(=O)NC(C)(C(N)=O)c1cccc(C(F)(F)F)c1. The molecular formula is C16H16F3N5O4. The molecule has 0 aliphatic carbocycles. The Bertz CT molecular complexity index is 941. The fourth-order valence-electron chi connectivity index (χ4n) is 2.50. The van der Waals surface area contributed by atoms with E-state index in [0.29, 0.717) is 0 Å². The number of benzene rings is 1. The summed E-state index contributed by atoms with van der Waals surface area (Å²) in [6, 6.07) is 3.86. The van der Waals surface area contributed by atoms with Gasteiger partial charge < -0.3 is 21.2 Å². The molecule has 1 atom stereocenters. The molecule has 0 saturated heterocycles. The van der Waals surface area contributed by atoms with Crippen LogP contribution in [0, 0.1) is 17.0 Å². The van der Waals surface area contributed by atoms with Gasteiger partial charge in [-0.1, -0.05) is 12.1 Å². The molecule has 2 aromatic rings. The van der Waals surface area contributed by atoms with Crippen molar-refractivity contribution in [1.29, 1.82) is 0 Å². The first kappa shape index (κ1) is 20.9. The number of carbonyl (C=O) groups excluding carboxylic acids is 2. The predicted octanol–water partition coefficient (Wildman–Crippen LogP) is 1.64. The summed E-state index contributed by atoms with van der Waals surface area (Å²) >= 11 is 0. The van der Waals surface area contributed by atoms with Gasteiger partial charge in [-0.25, -0.2) is 0 Å². The largest absolute Gasteiger partial charge is 0.416 e. The molecule has 12 heteroatoms. The van der Waals surface area contributed by atoms with Gasteiger partial charge in [0.05, 0.1) is 5.56 Å². The standard InChI is InChI=1S/C16H16F3N5O4/c1-9-21-12(24(27)28)7-23(9)8-13(25)22-15(2,14(20)26)10-4-3-5-11(6-10)16(17,18)19/h3-7H,8H2,1-2H3,(H2,20,26)(H,22,25). The Morgan fingerprint density at radius 2 is 1.93 bits per heavy atom. The number of halogens is 3. The van der Waals surface area contributed by atoms with Gasteiger partial charge in [0, 0.05) is 6.92 Å². The van der Waals surface area contributed by atoms with Crippen LogP contribution in [0.15, 0.2) is 30.5 Å². The van der Waals surface area contributed by atoms with Crippen molar-refractivity contribution >= 4 is 17.6 Å². The topological polar surface area (TPSA) is 133 Å². The molecule has 2 amide bonds. The second-order valence-electron chi connectivity index (χ2n) is 6.15. The molecule has 2 rings (SSSR count). The minimum absolute atomic E-state index is 0.156. The number of rotatable bonds is 6. The monoisotopic (exact) mass is 399 g/mol. The lowest BCUT2D eigenvalue weighted by atomic mass is 9.89. The van der Waals surface area contributed by atoms with E-state index in [0.717, 1.165) is 24.4 Å². The van der Waals surface area contributed by atoms with Crippen LogP contribution in [0.5, 0.6) is 0 Å². The summed E-state index contributed by atoms with van der Waals surface area (Å²) in [5.74, 6) is -2.18. The van der Waals surface area contributed by atoms with Gasteiger partial charge in [-0.15, -0.1) is 0 Å². The minimum atomic E-state index is -4.65. The van der Waals surface area contributed by atoms with Crippen LogP contribution in [0.3, 0.4) is 0 Å². The summed E-state index contributed by atoms with van der Waals surface area (Å²) in [6.07, 6.45) is -3.62. The predicted molar refractivity (Wildman–Crippen MR) is 89.8 cm³/mol. The Morgan fingerprint density at radius 1 is 1.32 bits per heavy atom. The molecule has 1 aromatic heterocycles. The van der Waals surface area contributed by atoms with E-state index in [1.54, 1.807) is 0 Å². The highest BCUT2D eigenvalue weighted by Gasteiger charge is 2.38. The van der Waals surface area contributed by atoms with Crippen molar-refractivity contribution in [2.45, 2.75) is 32.1 Å². The van der Waals surface area contributed by atoms with E-state index >= 15 is 0 Å². The van der Waals surface area contributed by atoms with Gasteiger partial charge in [0.1, 0.15) is 18.3 Å². The quantitative estimate of drug-likeness (QED) is 0.563. The molecule has 0 fully saturated rings. The van der Waals surface area contributed by atoms with Crippen molar-refractivity contribution in [3.05, 3.63) is 57.5 Å². The van der Waals surface area contributed by atoms with Crippen LogP contribution in [-0.2, 0) is 27.8 Å². The van der Waals surface area contributed by atoms with Crippen LogP contribution >= 0.6 is 0 Å². The van der Waals surface area contributed by atoms with Crippen molar-refractivity contribution in [2.24, 2.45) is 5.73 Å². The second-order valence-corrected chi connectivity index (χ2v) is 6.15. The highest BCUT2D eigenvalue weighted by atomic mass is 19.4. The molecule has 28 heavy (non-hydrogen) atoms. The lowest BCUT2D eigenvalue weighted by Gasteiger charge is -2.28. The van der Waals surface area contributed by atoms with Crippen LogP contribution in [0.2, 0.25) is 0 Å². The number of nitrogens with one attached hydrogen (secondary N) is 1. The van der Waals surface area contributed by atoms with Crippen LogP contribution in [0.1, 0.15) is 23.9 Å². The van der Waals surface area contributed by atoms with Gasteiger partial charge in [-0.2, -0.15) is 13.2 Å².